The summed E-state index contributed by atoms with van der Waals surface area (Å²) in [4.78, 5) is 19.6. The summed E-state index contributed by atoms with van der Waals surface area (Å²) in [6, 6.07) is 14.9. The predicted molar refractivity (Wildman–Crippen MR) is 109 cm³/mol. The maximum atomic E-state index is 12.7. The molecule has 4 nitrogen and oxygen atoms in total. The van der Waals surface area contributed by atoms with E-state index in [1.165, 1.54) is 11.8 Å². The Hall–Kier alpha value is -2.24. The van der Waals surface area contributed by atoms with Crippen molar-refractivity contribution in [1.29, 1.82) is 0 Å². The maximum absolute atomic E-state index is 12.7. The second-order valence-electron chi connectivity index (χ2n) is 5.53. The van der Waals surface area contributed by atoms with Gasteiger partial charge in [0, 0.05) is 11.6 Å². The van der Waals surface area contributed by atoms with Crippen molar-refractivity contribution >= 4 is 46.2 Å². The Balaban J connectivity index is 1.85. The van der Waals surface area contributed by atoms with Crippen LogP contribution in [0.5, 0.6) is 5.75 Å². The fourth-order valence-corrected chi connectivity index (χ4v) is 3.66. The van der Waals surface area contributed by atoms with E-state index in [4.69, 9.17) is 16.3 Å². The molecule has 3 rings (SSSR count). The first-order valence-electron chi connectivity index (χ1n) is 8.39. The summed E-state index contributed by atoms with van der Waals surface area (Å²) in [6.07, 6.45) is 1.87. The van der Waals surface area contributed by atoms with Gasteiger partial charge in [-0.25, -0.2) is 4.99 Å². The number of hydrogen-bond acceptors (Lipinski definition) is 4. The van der Waals surface area contributed by atoms with Crippen LogP contribution in [-0.4, -0.2) is 29.1 Å². The number of hydrogen-bond donors (Lipinski definition) is 0. The van der Waals surface area contributed by atoms with E-state index in [0.717, 1.165) is 17.0 Å². The summed E-state index contributed by atoms with van der Waals surface area (Å²) in [5.41, 5.74) is 1.72. The van der Waals surface area contributed by atoms with Gasteiger partial charge in [0.2, 0.25) is 0 Å². The number of ether oxygens (including phenoxy) is 1. The number of rotatable bonds is 5. The first kappa shape index (κ1) is 18.5. The van der Waals surface area contributed by atoms with Crippen LogP contribution in [0.4, 0.5) is 5.69 Å². The molecule has 1 saturated heterocycles. The summed E-state index contributed by atoms with van der Waals surface area (Å²) in [5.74, 6) is 0.777. The largest absolute Gasteiger partial charge is 0.494 e. The molecule has 0 unspecified atom stereocenters. The van der Waals surface area contributed by atoms with Crippen molar-refractivity contribution in [1.82, 2.24) is 4.90 Å². The van der Waals surface area contributed by atoms with Gasteiger partial charge in [-0.2, -0.15) is 0 Å². The lowest BCUT2D eigenvalue weighted by atomic mass is 10.2. The third-order valence-corrected chi connectivity index (χ3v) is 5.00. The highest BCUT2D eigenvalue weighted by molar-refractivity contribution is 8.18. The van der Waals surface area contributed by atoms with Gasteiger partial charge in [-0.3, -0.25) is 9.69 Å². The molecule has 0 bridgehead atoms. The molecule has 0 aromatic heterocycles. The number of thioether (sulfide) groups is 1. The number of aliphatic imine (C=N–C) groups is 1. The van der Waals surface area contributed by atoms with Crippen molar-refractivity contribution in [3.8, 4) is 5.75 Å². The highest BCUT2D eigenvalue weighted by Crippen LogP contribution is 2.34. The molecule has 2 aromatic rings. The third kappa shape index (κ3) is 4.29. The third-order valence-electron chi connectivity index (χ3n) is 3.74. The first-order chi connectivity index (χ1) is 12.6. The van der Waals surface area contributed by atoms with Crippen LogP contribution >= 0.6 is 23.4 Å². The molecule has 6 heteroatoms. The van der Waals surface area contributed by atoms with Crippen LogP contribution in [0.25, 0.3) is 6.08 Å². The lowest BCUT2D eigenvalue weighted by Gasteiger charge is -2.12. The molecule has 0 saturated carbocycles. The molecule has 1 fully saturated rings. The van der Waals surface area contributed by atoms with E-state index in [1.807, 2.05) is 68.5 Å². The van der Waals surface area contributed by atoms with Crippen LogP contribution in [0.1, 0.15) is 19.4 Å². The van der Waals surface area contributed by atoms with Crippen LogP contribution in [0.15, 0.2) is 58.4 Å². The normalized spacial score (nSPS) is 17.3. The highest BCUT2D eigenvalue weighted by Gasteiger charge is 2.32. The Kier molecular flexibility index (Phi) is 6.01. The minimum Gasteiger partial charge on any atom is -0.494 e. The van der Waals surface area contributed by atoms with Gasteiger partial charge in [0.25, 0.3) is 5.91 Å². The molecule has 26 heavy (non-hydrogen) atoms. The number of likely N-dealkylation sites (N-methyl/N-ethyl adjacent to an activating group) is 1. The number of carbonyl (C=O) groups is 1. The van der Waals surface area contributed by atoms with E-state index in [-0.39, 0.29) is 5.91 Å². The Bertz CT molecular complexity index is 845. The van der Waals surface area contributed by atoms with Gasteiger partial charge >= 0.3 is 0 Å². The maximum Gasteiger partial charge on any atom is 0.266 e. The number of benzene rings is 2. The average Bonchev–Trinajstić information content (AvgIpc) is 2.93. The zero-order valence-corrected chi connectivity index (χ0v) is 16.2. The van der Waals surface area contributed by atoms with Crippen LogP contribution in [-0.2, 0) is 4.79 Å². The Labute approximate surface area is 162 Å². The molecule has 0 spiro atoms. The summed E-state index contributed by atoms with van der Waals surface area (Å²) >= 11 is 7.30. The molecular weight excluding hydrogens is 368 g/mol. The topological polar surface area (TPSA) is 41.9 Å². The SMILES string of the molecule is CCOc1ccc(N=C2S/C(=C\c3ccc(Cl)cc3)C(=O)N2CC)cc1. The molecule has 1 aliphatic heterocycles. The van der Waals surface area contributed by atoms with Crippen molar-refractivity contribution in [2.45, 2.75) is 13.8 Å². The van der Waals surface area contributed by atoms with Crippen molar-refractivity contribution in [3.63, 3.8) is 0 Å². The summed E-state index contributed by atoms with van der Waals surface area (Å²) < 4.78 is 5.45. The lowest BCUT2D eigenvalue weighted by Crippen LogP contribution is -2.28. The van der Waals surface area contributed by atoms with E-state index in [1.54, 1.807) is 4.90 Å². The van der Waals surface area contributed by atoms with Crippen molar-refractivity contribution in [2.75, 3.05) is 13.2 Å². The van der Waals surface area contributed by atoms with Gasteiger partial charge in [-0.1, -0.05) is 23.7 Å². The standard InChI is InChI=1S/C20H19ClN2O2S/c1-3-23-19(24)18(13-14-5-7-15(21)8-6-14)26-20(23)22-16-9-11-17(12-10-16)25-4-2/h5-13H,3-4H2,1-2H3/b18-13-,22-20?. The summed E-state index contributed by atoms with van der Waals surface area (Å²) in [7, 11) is 0. The molecule has 0 N–H and O–H groups in total. The fourth-order valence-electron chi connectivity index (χ4n) is 2.47. The molecular formula is C20H19ClN2O2S. The van der Waals surface area contributed by atoms with E-state index in [0.29, 0.717) is 28.2 Å². The van der Waals surface area contributed by atoms with Gasteiger partial charge < -0.3 is 4.74 Å². The van der Waals surface area contributed by atoms with E-state index in [2.05, 4.69) is 4.99 Å². The van der Waals surface area contributed by atoms with Gasteiger partial charge in [-0.05, 0) is 73.6 Å². The number of carbonyl (C=O) groups excluding carboxylic acids is 1. The van der Waals surface area contributed by atoms with E-state index in [9.17, 15) is 4.79 Å². The Morgan fingerprint density at radius 3 is 2.42 bits per heavy atom. The highest BCUT2D eigenvalue weighted by atomic mass is 35.5. The van der Waals surface area contributed by atoms with Crippen molar-refractivity contribution < 1.29 is 9.53 Å². The van der Waals surface area contributed by atoms with Crippen LogP contribution in [0, 0.1) is 0 Å². The Morgan fingerprint density at radius 2 is 1.81 bits per heavy atom. The van der Waals surface area contributed by atoms with Gasteiger partial charge in [-0.15, -0.1) is 0 Å². The monoisotopic (exact) mass is 386 g/mol. The summed E-state index contributed by atoms with van der Waals surface area (Å²) in [6.45, 7) is 5.08. The average molecular weight is 387 g/mol. The van der Waals surface area contributed by atoms with E-state index < -0.39 is 0 Å². The van der Waals surface area contributed by atoms with Crippen LogP contribution < -0.4 is 4.74 Å². The minimum atomic E-state index is -0.0304. The number of halogens is 1. The van der Waals surface area contributed by atoms with Crippen LogP contribution in [0.3, 0.4) is 0 Å². The number of amides is 1. The van der Waals surface area contributed by atoms with Crippen LogP contribution in [0.2, 0.25) is 5.02 Å². The van der Waals surface area contributed by atoms with Gasteiger partial charge in [0.05, 0.1) is 17.2 Å². The minimum absolute atomic E-state index is 0.0304. The molecule has 0 radical (unpaired) electrons. The first-order valence-corrected chi connectivity index (χ1v) is 9.58. The number of amidine groups is 1. The zero-order chi connectivity index (χ0) is 18.5. The molecule has 0 atom stereocenters. The zero-order valence-electron chi connectivity index (χ0n) is 14.6. The smallest absolute Gasteiger partial charge is 0.266 e. The van der Waals surface area contributed by atoms with Gasteiger partial charge in [0.1, 0.15) is 5.75 Å². The molecule has 2 aromatic carbocycles. The molecule has 1 amide bonds. The molecule has 1 heterocycles. The lowest BCUT2D eigenvalue weighted by molar-refractivity contribution is -0.122. The second kappa shape index (κ2) is 8.43. The summed E-state index contributed by atoms with van der Waals surface area (Å²) in [5, 5.41) is 1.35. The number of nitrogens with zero attached hydrogens (tertiary/aromatic N) is 2. The van der Waals surface area contributed by atoms with Gasteiger partial charge in [0.15, 0.2) is 5.17 Å². The van der Waals surface area contributed by atoms with Crippen molar-refractivity contribution in [3.05, 3.63) is 64.0 Å². The molecule has 134 valence electrons. The van der Waals surface area contributed by atoms with E-state index >= 15 is 0 Å². The van der Waals surface area contributed by atoms with Crippen molar-refractivity contribution in [2.24, 2.45) is 4.99 Å². The predicted octanol–water partition coefficient (Wildman–Crippen LogP) is 5.36. The molecule has 0 aliphatic carbocycles. The fraction of sp³-hybridized carbons (Fsp3) is 0.200. The molecule has 1 aliphatic rings. The second-order valence-corrected chi connectivity index (χ2v) is 6.98. The Morgan fingerprint density at radius 1 is 1.12 bits per heavy atom. The quantitative estimate of drug-likeness (QED) is 0.649.